The largest absolute Gasteiger partial charge is 0.321 e. The van der Waals surface area contributed by atoms with E-state index in [0.717, 1.165) is 0 Å². The Balaban J connectivity index is 2.07. The zero-order valence-electron chi connectivity index (χ0n) is 10.3. The van der Waals surface area contributed by atoms with Crippen LogP contribution in [-0.4, -0.2) is 25.9 Å². The Morgan fingerprint density at radius 3 is 2.40 bits per heavy atom. The van der Waals surface area contributed by atoms with Gasteiger partial charge >= 0.3 is 0 Å². The van der Waals surface area contributed by atoms with Crippen LogP contribution in [0.3, 0.4) is 0 Å². The molecule has 1 aromatic carbocycles. The van der Waals surface area contributed by atoms with E-state index in [0.29, 0.717) is 5.69 Å². The fraction of sp³-hybridized carbons (Fsp3) is 0.182. The predicted octanol–water partition coefficient (Wildman–Crippen LogP) is -0.461. The van der Waals surface area contributed by atoms with Crippen LogP contribution in [0.15, 0.2) is 34.3 Å². The standard InChI is InChI=1S/C11H12N4O4S/c12-20(18,19)8-3-1-7(2-4-8)13-11(17)9-5-6-10(16)15-14-9/h1-4H,5-6H2,(H,13,17)(H,15,16)(H2,12,18,19). The predicted molar refractivity (Wildman–Crippen MR) is 71.3 cm³/mol. The van der Waals surface area contributed by atoms with Crippen LogP contribution < -0.4 is 15.9 Å². The molecule has 0 aliphatic carbocycles. The topological polar surface area (TPSA) is 131 Å². The number of nitrogens with one attached hydrogen (secondary N) is 2. The van der Waals surface area contributed by atoms with E-state index >= 15 is 0 Å². The Labute approximate surface area is 115 Å². The van der Waals surface area contributed by atoms with Crippen molar-refractivity contribution in [1.29, 1.82) is 0 Å². The number of rotatable bonds is 3. The van der Waals surface area contributed by atoms with Gasteiger partial charge in [-0.15, -0.1) is 0 Å². The third-order valence-corrected chi connectivity index (χ3v) is 3.54. The molecular weight excluding hydrogens is 284 g/mol. The number of carbonyl (C=O) groups excluding carboxylic acids is 2. The maximum Gasteiger partial charge on any atom is 0.271 e. The number of carbonyl (C=O) groups is 2. The first-order valence-electron chi connectivity index (χ1n) is 5.66. The van der Waals surface area contributed by atoms with Gasteiger partial charge in [-0.25, -0.2) is 19.0 Å². The summed E-state index contributed by atoms with van der Waals surface area (Å²) in [4.78, 5) is 22.7. The monoisotopic (exact) mass is 296 g/mol. The molecule has 9 heteroatoms. The van der Waals surface area contributed by atoms with Crippen molar-refractivity contribution in [2.75, 3.05) is 5.32 Å². The van der Waals surface area contributed by atoms with Gasteiger partial charge in [-0.3, -0.25) is 9.59 Å². The van der Waals surface area contributed by atoms with Gasteiger partial charge in [-0.1, -0.05) is 0 Å². The molecule has 0 fully saturated rings. The summed E-state index contributed by atoms with van der Waals surface area (Å²) in [6.07, 6.45) is 0.462. The fourth-order valence-electron chi connectivity index (χ4n) is 1.57. The minimum absolute atomic E-state index is 0.0437. The summed E-state index contributed by atoms with van der Waals surface area (Å²) in [5.74, 6) is -0.688. The third kappa shape index (κ3) is 3.39. The maximum atomic E-state index is 11.8. The lowest BCUT2D eigenvalue weighted by Crippen LogP contribution is -2.32. The Kier molecular flexibility index (Phi) is 3.81. The first-order valence-corrected chi connectivity index (χ1v) is 7.20. The number of primary sulfonamides is 1. The van der Waals surface area contributed by atoms with Gasteiger partial charge in [-0.05, 0) is 24.3 Å². The van der Waals surface area contributed by atoms with Crippen LogP contribution in [-0.2, 0) is 19.6 Å². The van der Waals surface area contributed by atoms with Crippen molar-refractivity contribution in [1.82, 2.24) is 5.43 Å². The summed E-state index contributed by atoms with van der Waals surface area (Å²) in [6.45, 7) is 0. The summed E-state index contributed by atoms with van der Waals surface area (Å²) in [5.41, 5.74) is 2.83. The van der Waals surface area contributed by atoms with Crippen LogP contribution in [0.2, 0.25) is 0 Å². The third-order valence-electron chi connectivity index (χ3n) is 2.61. The van der Waals surface area contributed by atoms with Crippen molar-refractivity contribution in [2.24, 2.45) is 10.2 Å². The van der Waals surface area contributed by atoms with Crippen molar-refractivity contribution in [3.8, 4) is 0 Å². The molecule has 1 heterocycles. The van der Waals surface area contributed by atoms with E-state index in [2.05, 4.69) is 15.8 Å². The van der Waals surface area contributed by atoms with Gasteiger partial charge in [0.25, 0.3) is 5.91 Å². The summed E-state index contributed by atoms with van der Waals surface area (Å²) in [7, 11) is -3.76. The van der Waals surface area contributed by atoms with E-state index in [1.165, 1.54) is 24.3 Å². The minimum atomic E-state index is -3.76. The lowest BCUT2D eigenvalue weighted by atomic mass is 10.1. The molecule has 0 radical (unpaired) electrons. The molecule has 1 aromatic rings. The number of hydrogen-bond acceptors (Lipinski definition) is 5. The zero-order valence-corrected chi connectivity index (χ0v) is 11.1. The van der Waals surface area contributed by atoms with Crippen LogP contribution in [0.25, 0.3) is 0 Å². The number of hydrogen-bond donors (Lipinski definition) is 3. The second-order valence-corrected chi connectivity index (χ2v) is 5.68. The van der Waals surface area contributed by atoms with E-state index in [4.69, 9.17) is 5.14 Å². The van der Waals surface area contributed by atoms with Gasteiger partial charge in [0.05, 0.1) is 4.90 Å². The lowest BCUT2D eigenvalue weighted by molar-refractivity contribution is -0.121. The fourth-order valence-corrected chi connectivity index (χ4v) is 2.08. The van der Waals surface area contributed by atoms with E-state index in [9.17, 15) is 18.0 Å². The minimum Gasteiger partial charge on any atom is -0.321 e. The first kappa shape index (κ1) is 14.2. The maximum absolute atomic E-state index is 11.8. The number of benzene rings is 1. The van der Waals surface area contributed by atoms with Crippen molar-refractivity contribution in [2.45, 2.75) is 17.7 Å². The van der Waals surface area contributed by atoms with Gasteiger partial charge in [0, 0.05) is 18.5 Å². The van der Waals surface area contributed by atoms with Crippen molar-refractivity contribution >= 4 is 33.2 Å². The normalized spacial score (nSPS) is 15.2. The number of nitrogens with two attached hydrogens (primary N) is 1. The summed E-state index contributed by atoms with van der Waals surface area (Å²) in [6, 6.07) is 5.41. The molecule has 0 spiro atoms. The van der Waals surface area contributed by atoms with Crippen molar-refractivity contribution < 1.29 is 18.0 Å². The Morgan fingerprint density at radius 1 is 1.25 bits per heavy atom. The second-order valence-electron chi connectivity index (χ2n) is 4.12. The molecule has 2 rings (SSSR count). The molecule has 0 aromatic heterocycles. The molecule has 0 bridgehead atoms. The molecule has 0 unspecified atom stereocenters. The molecule has 8 nitrogen and oxygen atoms in total. The quantitative estimate of drug-likeness (QED) is 0.696. The summed E-state index contributed by atoms with van der Waals surface area (Å²) in [5, 5.41) is 11.2. The van der Waals surface area contributed by atoms with Crippen LogP contribution in [0.5, 0.6) is 0 Å². The molecule has 0 atom stereocenters. The number of amides is 2. The number of sulfonamides is 1. The Bertz CT molecular complexity index is 679. The number of anilines is 1. The molecule has 0 saturated heterocycles. The SMILES string of the molecule is NS(=O)(=O)c1ccc(NC(=O)C2=NNC(=O)CC2)cc1. The van der Waals surface area contributed by atoms with E-state index in [-0.39, 0.29) is 29.4 Å². The van der Waals surface area contributed by atoms with E-state index < -0.39 is 15.9 Å². The van der Waals surface area contributed by atoms with Crippen LogP contribution in [0.1, 0.15) is 12.8 Å². The molecule has 1 aliphatic heterocycles. The Morgan fingerprint density at radius 2 is 1.90 bits per heavy atom. The van der Waals surface area contributed by atoms with Crippen molar-refractivity contribution in [3.05, 3.63) is 24.3 Å². The van der Waals surface area contributed by atoms with Gasteiger partial charge in [0.15, 0.2) is 0 Å². The Hall–Kier alpha value is -2.26. The molecule has 4 N–H and O–H groups in total. The highest BCUT2D eigenvalue weighted by molar-refractivity contribution is 7.89. The van der Waals surface area contributed by atoms with Crippen LogP contribution in [0.4, 0.5) is 5.69 Å². The van der Waals surface area contributed by atoms with E-state index in [1.54, 1.807) is 0 Å². The first-order chi connectivity index (χ1) is 9.36. The van der Waals surface area contributed by atoms with Crippen molar-refractivity contribution in [3.63, 3.8) is 0 Å². The van der Waals surface area contributed by atoms with E-state index in [1.807, 2.05) is 0 Å². The number of hydrazone groups is 1. The zero-order chi connectivity index (χ0) is 14.8. The smallest absolute Gasteiger partial charge is 0.271 e. The van der Waals surface area contributed by atoms with Gasteiger partial charge in [0.1, 0.15) is 5.71 Å². The molecule has 106 valence electrons. The summed E-state index contributed by atoms with van der Waals surface area (Å²) >= 11 is 0. The highest BCUT2D eigenvalue weighted by Crippen LogP contribution is 2.13. The molecule has 1 aliphatic rings. The molecule has 20 heavy (non-hydrogen) atoms. The highest BCUT2D eigenvalue weighted by atomic mass is 32.2. The van der Waals surface area contributed by atoms with Gasteiger partial charge in [0.2, 0.25) is 15.9 Å². The van der Waals surface area contributed by atoms with Crippen LogP contribution >= 0.6 is 0 Å². The molecular formula is C11H12N4O4S. The van der Waals surface area contributed by atoms with Gasteiger partial charge < -0.3 is 5.32 Å². The average Bonchev–Trinajstić information content (AvgIpc) is 2.39. The molecule has 0 saturated carbocycles. The van der Waals surface area contributed by atoms with Crippen LogP contribution in [0, 0.1) is 0 Å². The lowest BCUT2D eigenvalue weighted by Gasteiger charge is -2.12. The highest BCUT2D eigenvalue weighted by Gasteiger charge is 2.18. The summed E-state index contributed by atoms with van der Waals surface area (Å²) < 4.78 is 22.2. The number of nitrogens with zero attached hydrogens (tertiary/aromatic N) is 1. The second kappa shape index (κ2) is 5.39. The molecule has 2 amide bonds. The van der Waals surface area contributed by atoms with Gasteiger partial charge in [-0.2, -0.15) is 5.10 Å². The average molecular weight is 296 g/mol.